The first kappa shape index (κ1) is 30.0. The number of aliphatic carboxylic acids is 1. The molecule has 5 aliphatic carbocycles. The van der Waals surface area contributed by atoms with E-state index in [4.69, 9.17) is 5.11 Å². The maximum Gasteiger partial charge on any atom is 0.306 e. The lowest BCUT2D eigenvalue weighted by Gasteiger charge is -2.50. The molecule has 1 aromatic rings. The topological polar surface area (TPSA) is 74.6 Å². The number of carboxylic acid groups (broad SMARTS) is 1. The molecule has 5 aliphatic rings. The highest BCUT2D eigenvalue weighted by Crippen LogP contribution is 2.73. The van der Waals surface area contributed by atoms with E-state index in [9.17, 15) is 14.7 Å². The van der Waals surface area contributed by atoms with Crippen LogP contribution in [0.5, 0.6) is 0 Å². The lowest BCUT2D eigenvalue weighted by Crippen LogP contribution is -2.48. The van der Waals surface area contributed by atoms with Gasteiger partial charge in [-0.2, -0.15) is 0 Å². The summed E-state index contributed by atoms with van der Waals surface area (Å²) in [5, 5.41) is 19.0. The summed E-state index contributed by atoms with van der Waals surface area (Å²) >= 11 is 0. The molecule has 0 spiro atoms. The molecule has 0 bridgehead atoms. The zero-order chi connectivity index (χ0) is 29.5. The van der Waals surface area contributed by atoms with E-state index in [1.807, 2.05) is 56.3 Å². The van der Waals surface area contributed by atoms with Crippen LogP contribution in [-0.4, -0.2) is 28.6 Å². The number of Topliss-reactive ketones (excluding diaryl/α,β-unsaturated/α-hetero) is 1. The van der Waals surface area contributed by atoms with E-state index in [1.54, 1.807) is 0 Å². The number of benzene rings is 1. The van der Waals surface area contributed by atoms with Gasteiger partial charge in [0, 0.05) is 5.41 Å². The van der Waals surface area contributed by atoms with Crippen LogP contribution in [0, 0.1) is 58.2 Å². The number of carboxylic acids is 1. The van der Waals surface area contributed by atoms with Gasteiger partial charge in [-0.1, -0.05) is 88.8 Å². The van der Waals surface area contributed by atoms with Crippen LogP contribution in [-0.2, 0) is 9.59 Å². The molecule has 0 aromatic heterocycles. The van der Waals surface area contributed by atoms with Gasteiger partial charge in [0.1, 0.15) is 0 Å². The van der Waals surface area contributed by atoms with Gasteiger partial charge in [0.15, 0.2) is 5.78 Å². The smallest absolute Gasteiger partial charge is 0.306 e. The van der Waals surface area contributed by atoms with Gasteiger partial charge in [0.25, 0.3) is 0 Å². The summed E-state index contributed by atoms with van der Waals surface area (Å²) in [4.78, 5) is 24.3. The average Bonchev–Trinajstić information content (AvgIpc) is 3.42. The first-order chi connectivity index (χ1) is 19.6. The lowest BCUT2D eigenvalue weighted by molar-refractivity contribution is -0.141. The van der Waals surface area contributed by atoms with Crippen molar-refractivity contribution in [1.29, 1.82) is 0 Å². The molecule has 2 N–H and O–H groups in total. The van der Waals surface area contributed by atoms with E-state index in [0.29, 0.717) is 53.6 Å². The van der Waals surface area contributed by atoms with E-state index in [0.717, 1.165) is 35.0 Å². The predicted octanol–water partition coefficient (Wildman–Crippen LogP) is 7.99. The fraction of sp³-hybridized carbons (Fsp3) is 0.622. The lowest BCUT2D eigenvalue weighted by atomic mass is 9.52. The Labute approximate surface area is 247 Å². The van der Waals surface area contributed by atoms with Gasteiger partial charge in [-0.3, -0.25) is 9.59 Å². The minimum Gasteiger partial charge on any atom is -0.481 e. The van der Waals surface area contributed by atoms with Crippen LogP contribution in [0.4, 0.5) is 0 Å². The number of carbonyl (C=O) groups is 2. The molecule has 5 unspecified atom stereocenters. The molecule has 0 aliphatic heterocycles. The number of aliphatic hydroxyl groups excluding tert-OH is 1. The third kappa shape index (κ3) is 5.31. The molecule has 3 fully saturated rings. The van der Waals surface area contributed by atoms with Gasteiger partial charge < -0.3 is 10.2 Å². The quantitative estimate of drug-likeness (QED) is 0.333. The Balaban J connectivity index is 0.000000193. The van der Waals surface area contributed by atoms with E-state index in [2.05, 4.69) is 32.9 Å². The van der Waals surface area contributed by atoms with Crippen molar-refractivity contribution >= 4 is 17.8 Å². The molecule has 6 rings (SSSR count). The summed E-state index contributed by atoms with van der Waals surface area (Å²) < 4.78 is 0. The van der Waals surface area contributed by atoms with Gasteiger partial charge in [-0.25, -0.2) is 0 Å². The minimum absolute atomic E-state index is 0.128. The molecular formula is C37H50O4. The number of rotatable bonds is 7. The SMILES string of the molecule is CC1=CC2C3[C@@H](C=C(CO)CC2(C2CCC2)C1=O)C1C(C[C@H]3C)C1(C)C.CC[C@@H](C/C=C/c1ccccc1)C(=O)O. The first-order valence-electron chi connectivity index (χ1n) is 16.0. The third-order valence-electron chi connectivity index (χ3n) is 11.9. The zero-order valence-electron chi connectivity index (χ0n) is 25.7. The number of hydrogen-bond donors (Lipinski definition) is 2. The molecule has 3 saturated carbocycles. The molecular weight excluding hydrogens is 508 g/mol. The molecule has 0 amide bonds. The first-order valence-corrected chi connectivity index (χ1v) is 16.0. The molecule has 0 heterocycles. The van der Waals surface area contributed by atoms with Gasteiger partial charge in [0.05, 0.1) is 12.5 Å². The van der Waals surface area contributed by atoms with Crippen molar-refractivity contribution in [2.45, 2.75) is 79.6 Å². The van der Waals surface area contributed by atoms with Crippen LogP contribution in [0.3, 0.4) is 0 Å². The van der Waals surface area contributed by atoms with Crippen molar-refractivity contribution in [3.05, 3.63) is 65.3 Å². The van der Waals surface area contributed by atoms with Crippen molar-refractivity contribution < 1.29 is 19.8 Å². The van der Waals surface area contributed by atoms with E-state index in [1.165, 1.54) is 25.7 Å². The zero-order valence-corrected chi connectivity index (χ0v) is 25.7. The van der Waals surface area contributed by atoms with Gasteiger partial charge in [-0.05, 0) is 109 Å². The van der Waals surface area contributed by atoms with Crippen molar-refractivity contribution in [3.8, 4) is 0 Å². The molecule has 222 valence electrons. The van der Waals surface area contributed by atoms with Gasteiger partial charge in [-0.15, -0.1) is 0 Å². The molecule has 0 radical (unpaired) electrons. The maximum absolute atomic E-state index is 13.5. The van der Waals surface area contributed by atoms with Crippen LogP contribution >= 0.6 is 0 Å². The Hall–Kier alpha value is -2.46. The second-order valence-electron chi connectivity index (χ2n) is 14.3. The standard InChI is InChI=1S/C24H34O2.C13H16O2/c1-13-8-19-21(23(19,3)4)17-10-15(12-25)11-24(16-6-5-7-16)18(20(13)17)9-14(2)22(24)26;1-2-12(13(14)15)10-6-9-11-7-4-3-5-8-11/h9-10,13,16-21,25H,5-8,11-12H2,1-4H3;3-9,12H,2,10H2,1H3,(H,14,15)/b;9-6+/t13-,17-,18?,19?,20?,21?,24?;12-/m10/s1. The largest absolute Gasteiger partial charge is 0.481 e. The van der Waals surface area contributed by atoms with Gasteiger partial charge >= 0.3 is 5.97 Å². The van der Waals surface area contributed by atoms with Crippen LogP contribution in [0.25, 0.3) is 6.08 Å². The fourth-order valence-electron chi connectivity index (χ4n) is 9.37. The number of aliphatic hydroxyl groups is 1. The number of ketones is 1. The molecule has 4 nitrogen and oxygen atoms in total. The van der Waals surface area contributed by atoms with Crippen molar-refractivity contribution in [2.75, 3.05) is 6.61 Å². The highest BCUT2D eigenvalue weighted by Gasteiger charge is 2.69. The number of allylic oxidation sites excluding steroid dienone is 4. The van der Waals surface area contributed by atoms with Crippen LogP contribution in [0.15, 0.2) is 59.7 Å². The Kier molecular flexibility index (Phi) is 8.54. The molecule has 1 aromatic carbocycles. The number of carbonyl (C=O) groups excluding carboxylic acids is 1. The summed E-state index contributed by atoms with van der Waals surface area (Å²) in [5.41, 5.74) is 3.45. The summed E-state index contributed by atoms with van der Waals surface area (Å²) in [6.07, 6.45) is 15.8. The summed E-state index contributed by atoms with van der Waals surface area (Å²) in [6, 6.07) is 9.89. The molecule has 0 saturated heterocycles. The van der Waals surface area contributed by atoms with Crippen LogP contribution in [0.2, 0.25) is 0 Å². The number of hydrogen-bond acceptors (Lipinski definition) is 3. The Bertz CT molecular complexity index is 1220. The Morgan fingerprint density at radius 1 is 1.15 bits per heavy atom. The van der Waals surface area contributed by atoms with Gasteiger partial charge in [0.2, 0.25) is 0 Å². The summed E-state index contributed by atoms with van der Waals surface area (Å²) in [6.45, 7) is 11.4. The minimum atomic E-state index is -0.713. The Morgan fingerprint density at radius 2 is 1.85 bits per heavy atom. The molecule has 4 heteroatoms. The molecule has 8 atom stereocenters. The van der Waals surface area contributed by atoms with E-state index in [-0.39, 0.29) is 17.9 Å². The van der Waals surface area contributed by atoms with Crippen LogP contribution < -0.4 is 0 Å². The predicted molar refractivity (Wildman–Crippen MR) is 165 cm³/mol. The third-order valence-corrected chi connectivity index (χ3v) is 11.9. The van der Waals surface area contributed by atoms with Crippen LogP contribution in [0.1, 0.15) is 85.1 Å². The highest BCUT2D eigenvalue weighted by atomic mass is 16.4. The summed E-state index contributed by atoms with van der Waals surface area (Å²) in [5.74, 6) is 3.71. The number of fused-ring (bicyclic) bond motifs is 5. The second-order valence-corrected chi connectivity index (χ2v) is 14.3. The fourth-order valence-corrected chi connectivity index (χ4v) is 9.37. The van der Waals surface area contributed by atoms with Crippen molar-refractivity contribution in [3.63, 3.8) is 0 Å². The van der Waals surface area contributed by atoms with E-state index < -0.39 is 5.97 Å². The Morgan fingerprint density at radius 3 is 2.44 bits per heavy atom. The highest BCUT2D eigenvalue weighted by molar-refractivity contribution is 6.03. The normalized spacial score (nSPS) is 35.9. The summed E-state index contributed by atoms with van der Waals surface area (Å²) in [7, 11) is 0. The second kappa shape index (κ2) is 11.7. The monoisotopic (exact) mass is 558 g/mol. The molecule has 41 heavy (non-hydrogen) atoms. The maximum atomic E-state index is 13.5. The van der Waals surface area contributed by atoms with E-state index >= 15 is 0 Å². The van der Waals surface area contributed by atoms with Crippen molar-refractivity contribution in [1.82, 2.24) is 0 Å². The average molecular weight is 559 g/mol. The van der Waals surface area contributed by atoms with Crippen molar-refractivity contribution in [2.24, 2.45) is 58.2 Å².